The average Bonchev–Trinajstić information content (AvgIpc) is 2.48. The molecular weight excluding hydrogens is 330 g/mol. The monoisotopic (exact) mass is 351 g/mol. The van der Waals surface area contributed by atoms with Gasteiger partial charge in [-0.05, 0) is 13.8 Å². The first kappa shape index (κ1) is 20.6. The van der Waals surface area contributed by atoms with Crippen LogP contribution in [0, 0.1) is 5.92 Å². The van der Waals surface area contributed by atoms with E-state index < -0.39 is 65.8 Å². The molecule has 0 aromatic heterocycles. The molecular formula is C13H21NO10. The van der Waals surface area contributed by atoms with Crippen LogP contribution in [0.5, 0.6) is 0 Å². The summed E-state index contributed by atoms with van der Waals surface area (Å²) in [5.41, 5.74) is 5.62. The second-order valence-corrected chi connectivity index (χ2v) is 5.78. The number of carbonyl (C=O) groups excluding carboxylic acids is 2. The summed E-state index contributed by atoms with van der Waals surface area (Å²) in [5, 5.41) is 58.6. The number of ether oxygens (including phenoxy) is 1. The van der Waals surface area contributed by atoms with Gasteiger partial charge in [0.05, 0.1) is 12.1 Å². The van der Waals surface area contributed by atoms with Crippen molar-refractivity contribution < 1.29 is 49.8 Å². The first-order valence-corrected chi connectivity index (χ1v) is 6.98. The Morgan fingerprint density at radius 2 is 1.67 bits per heavy atom. The zero-order valence-electron chi connectivity index (χ0n) is 12.9. The van der Waals surface area contributed by atoms with E-state index in [-0.39, 0.29) is 0 Å². The highest BCUT2D eigenvalue weighted by Crippen LogP contribution is 2.35. The number of hydrogen-bond donors (Lipinski definition) is 7. The fourth-order valence-electron chi connectivity index (χ4n) is 2.63. The van der Waals surface area contributed by atoms with Crippen LogP contribution in [0.4, 0.5) is 0 Å². The Morgan fingerprint density at radius 3 is 2.04 bits per heavy atom. The first-order chi connectivity index (χ1) is 10.9. The normalized spacial score (nSPS) is 37.3. The highest BCUT2D eigenvalue weighted by molar-refractivity contribution is 5.88. The highest BCUT2D eigenvalue weighted by atomic mass is 16.7. The number of carbonyl (C=O) groups is 3. The van der Waals surface area contributed by atoms with Crippen molar-refractivity contribution in [2.24, 2.45) is 11.7 Å². The largest absolute Gasteiger partial charge is 0.477 e. The van der Waals surface area contributed by atoms with E-state index >= 15 is 0 Å². The van der Waals surface area contributed by atoms with Crippen LogP contribution in [-0.4, -0.2) is 90.5 Å². The lowest BCUT2D eigenvalue weighted by Crippen LogP contribution is -2.71. The van der Waals surface area contributed by atoms with Crippen molar-refractivity contribution >= 4 is 17.5 Å². The van der Waals surface area contributed by atoms with Gasteiger partial charge in [-0.1, -0.05) is 0 Å². The van der Waals surface area contributed by atoms with E-state index in [4.69, 9.17) is 15.6 Å². The van der Waals surface area contributed by atoms with Crippen molar-refractivity contribution in [1.82, 2.24) is 0 Å². The summed E-state index contributed by atoms with van der Waals surface area (Å²) in [5.74, 6) is -9.01. The van der Waals surface area contributed by atoms with Crippen LogP contribution in [-0.2, 0) is 19.1 Å². The first-order valence-electron chi connectivity index (χ1n) is 6.98. The van der Waals surface area contributed by atoms with E-state index in [0.717, 1.165) is 13.8 Å². The number of aliphatic hydroxyl groups excluding tert-OH is 4. The van der Waals surface area contributed by atoms with E-state index in [1.165, 1.54) is 0 Å². The minimum Gasteiger partial charge on any atom is -0.477 e. The standard InChI is InChI=1S/C13H21NO10/c1-3(15)5-8(18)6(14)11(24-13(5,23)12(21)22)10(20)9(19)7(17)4(2)16/h5-11,17-20,23H,14H2,1-2H3,(H,21,22)/t5?,6-,7?,8+,9-,10-,11-,13?/m1/s1. The molecule has 0 bridgehead atoms. The molecule has 0 aromatic rings. The van der Waals surface area contributed by atoms with E-state index in [0.29, 0.717) is 0 Å². The van der Waals surface area contributed by atoms with Gasteiger partial charge in [0.15, 0.2) is 5.78 Å². The molecule has 1 aliphatic rings. The summed E-state index contributed by atoms with van der Waals surface area (Å²) < 4.78 is 4.82. The molecule has 0 radical (unpaired) electrons. The summed E-state index contributed by atoms with van der Waals surface area (Å²) in [6.07, 6.45) is -10.1. The molecule has 11 nitrogen and oxygen atoms in total. The zero-order valence-corrected chi connectivity index (χ0v) is 12.9. The van der Waals surface area contributed by atoms with Gasteiger partial charge in [0.2, 0.25) is 0 Å². The van der Waals surface area contributed by atoms with Gasteiger partial charge in [0.25, 0.3) is 5.79 Å². The molecule has 0 aliphatic carbocycles. The predicted molar refractivity (Wildman–Crippen MR) is 74.3 cm³/mol. The smallest absolute Gasteiger partial charge is 0.365 e. The second kappa shape index (κ2) is 7.19. The highest BCUT2D eigenvalue weighted by Gasteiger charge is 2.61. The number of rotatable bonds is 6. The minimum absolute atomic E-state index is 0.901. The maximum absolute atomic E-state index is 11.6. The molecule has 11 heteroatoms. The van der Waals surface area contributed by atoms with Gasteiger partial charge in [-0.3, -0.25) is 9.59 Å². The molecule has 1 fully saturated rings. The Kier molecular flexibility index (Phi) is 6.16. The van der Waals surface area contributed by atoms with Crippen molar-refractivity contribution in [3.8, 4) is 0 Å². The number of aliphatic carboxylic acids is 1. The molecule has 1 heterocycles. The predicted octanol–water partition coefficient (Wildman–Crippen LogP) is -4.28. The topological polar surface area (TPSA) is 208 Å². The number of carboxylic acids is 1. The molecule has 8 atom stereocenters. The van der Waals surface area contributed by atoms with E-state index in [1.54, 1.807) is 0 Å². The molecule has 0 aromatic carbocycles. The van der Waals surface area contributed by atoms with Gasteiger partial charge in [-0.25, -0.2) is 4.79 Å². The second-order valence-electron chi connectivity index (χ2n) is 5.78. The van der Waals surface area contributed by atoms with E-state index in [1.807, 2.05) is 0 Å². The number of nitrogens with two attached hydrogens (primary N) is 1. The molecule has 0 spiro atoms. The minimum atomic E-state index is -3.21. The Balaban J connectivity index is 3.21. The van der Waals surface area contributed by atoms with E-state index in [2.05, 4.69) is 0 Å². The third-order valence-electron chi connectivity index (χ3n) is 4.02. The van der Waals surface area contributed by atoms with Crippen LogP contribution < -0.4 is 5.73 Å². The molecule has 24 heavy (non-hydrogen) atoms. The lowest BCUT2D eigenvalue weighted by molar-refractivity contribution is -0.312. The SMILES string of the molecule is CC(=O)C(O)[C@@H](O)[C@@H](O)[C@@H]1OC(O)(C(=O)O)C(C(C)=O)[C@H](O)[C@H]1N. The van der Waals surface area contributed by atoms with Crippen LogP contribution in [0.25, 0.3) is 0 Å². The quantitative estimate of drug-likeness (QED) is 0.243. The van der Waals surface area contributed by atoms with Crippen LogP contribution in [0.2, 0.25) is 0 Å². The van der Waals surface area contributed by atoms with Gasteiger partial charge in [0.1, 0.15) is 36.1 Å². The van der Waals surface area contributed by atoms with Gasteiger partial charge in [0, 0.05) is 0 Å². The Hall–Kier alpha value is -1.47. The van der Waals surface area contributed by atoms with Crippen LogP contribution in [0.1, 0.15) is 13.8 Å². The molecule has 3 unspecified atom stereocenters. The van der Waals surface area contributed by atoms with Crippen molar-refractivity contribution in [3.05, 3.63) is 0 Å². The molecule has 1 saturated heterocycles. The molecule has 1 aliphatic heterocycles. The van der Waals surface area contributed by atoms with E-state index in [9.17, 15) is 39.9 Å². The molecule has 138 valence electrons. The zero-order chi connectivity index (χ0) is 19.0. The van der Waals surface area contributed by atoms with Gasteiger partial charge in [-0.15, -0.1) is 0 Å². The van der Waals surface area contributed by atoms with Gasteiger partial charge in [-0.2, -0.15) is 0 Å². The lowest BCUT2D eigenvalue weighted by atomic mass is 9.78. The molecule has 0 saturated carbocycles. The molecule has 1 rings (SSSR count). The summed E-state index contributed by atoms with van der Waals surface area (Å²) in [6, 6.07) is -1.60. The number of aliphatic hydroxyl groups is 5. The summed E-state index contributed by atoms with van der Waals surface area (Å²) in [4.78, 5) is 33.9. The number of carboxylic acid groups (broad SMARTS) is 1. The molecule has 8 N–H and O–H groups in total. The third kappa shape index (κ3) is 3.47. The van der Waals surface area contributed by atoms with Crippen molar-refractivity contribution in [2.75, 3.05) is 0 Å². The Bertz CT molecular complexity index is 525. The van der Waals surface area contributed by atoms with Gasteiger partial charge >= 0.3 is 5.97 Å². The Morgan fingerprint density at radius 1 is 1.17 bits per heavy atom. The number of Topliss-reactive ketones (excluding diaryl/α,β-unsaturated/α-hetero) is 2. The van der Waals surface area contributed by atoms with Crippen molar-refractivity contribution in [2.45, 2.75) is 56.2 Å². The fourth-order valence-corrected chi connectivity index (χ4v) is 2.63. The lowest BCUT2D eigenvalue weighted by Gasteiger charge is -2.47. The fraction of sp³-hybridized carbons (Fsp3) is 0.769. The van der Waals surface area contributed by atoms with Gasteiger partial charge < -0.3 is 41.1 Å². The van der Waals surface area contributed by atoms with Crippen LogP contribution in [0.15, 0.2) is 0 Å². The summed E-state index contributed by atoms with van der Waals surface area (Å²) in [7, 11) is 0. The summed E-state index contributed by atoms with van der Waals surface area (Å²) >= 11 is 0. The van der Waals surface area contributed by atoms with Crippen LogP contribution in [0.3, 0.4) is 0 Å². The van der Waals surface area contributed by atoms with Crippen LogP contribution >= 0.6 is 0 Å². The third-order valence-corrected chi connectivity index (χ3v) is 4.02. The molecule has 0 amide bonds. The maximum atomic E-state index is 11.6. The maximum Gasteiger partial charge on any atom is 0.365 e. The number of hydrogen-bond acceptors (Lipinski definition) is 10. The van der Waals surface area contributed by atoms with Crippen molar-refractivity contribution in [1.29, 1.82) is 0 Å². The number of ketones is 2. The average molecular weight is 351 g/mol. The summed E-state index contributed by atoms with van der Waals surface area (Å²) in [6.45, 7) is 1.83. The van der Waals surface area contributed by atoms with Crippen molar-refractivity contribution in [3.63, 3.8) is 0 Å². The Labute approximate surface area is 136 Å².